The fourth-order valence-electron chi connectivity index (χ4n) is 4.56. The van der Waals surface area contributed by atoms with Crippen molar-refractivity contribution >= 4 is 28.0 Å². The smallest absolute Gasteiger partial charge is 0.162 e. The molecular formula is C22H28N8. The number of imidazole rings is 2. The predicted octanol–water partition coefficient (Wildman–Crippen LogP) is 3.92. The summed E-state index contributed by atoms with van der Waals surface area (Å²) in [6.45, 7) is 8.92. The molecule has 0 spiro atoms. The zero-order valence-electron chi connectivity index (χ0n) is 17.7. The molecule has 2 atom stereocenters. The van der Waals surface area contributed by atoms with Gasteiger partial charge in [0.25, 0.3) is 0 Å². The SMILES string of the molecule is CC(C)N1CCC[C@@H](n2c([C@H](C)Nc3ncnc4[nH]cnc34)nc3ccccc32)C1. The molecule has 2 N–H and O–H groups in total. The van der Waals surface area contributed by atoms with Crippen molar-refractivity contribution in [1.82, 2.24) is 34.4 Å². The summed E-state index contributed by atoms with van der Waals surface area (Å²) in [5.74, 6) is 1.76. The summed E-state index contributed by atoms with van der Waals surface area (Å²) in [5, 5.41) is 3.53. The lowest BCUT2D eigenvalue weighted by Gasteiger charge is -2.37. The molecule has 0 amide bonds. The Morgan fingerprint density at radius 2 is 2.00 bits per heavy atom. The molecule has 1 aliphatic heterocycles. The van der Waals surface area contributed by atoms with Crippen LogP contribution in [0.4, 0.5) is 5.82 Å². The van der Waals surface area contributed by atoms with E-state index in [1.54, 1.807) is 12.7 Å². The number of benzene rings is 1. The Morgan fingerprint density at radius 3 is 2.87 bits per heavy atom. The van der Waals surface area contributed by atoms with Gasteiger partial charge in [-0.25, -0.2) is 19.9 Å². The quantitative estimate of drug-likeness (QED) is 0.524. The van der Waals surface area contributed by atoms with Crippen LogP contribution in [0.1, 0.15) is 51.5 Å². The maximum absolute atomic E-state index is 5.03. The number of aromatic nitrogens is 6. The van der Waals surface area contributed by atoms with Crippen LogP contribution >= 0.6 is 0 Å². The van der Waals surface area contributed by atoms with Crippen molar-refractivity contribution in [2.75, 3.05) is 18.4 Å². The molecule has 1 fully saturated rings. The number of para-hydroxylation sites is 2. The van der Waals surface area contributed by atoms with Crippen molar-refractivity contribution in [3.8, 4) is 0 Å². The molecule has 8 nitrogen and oxygen atoms in total. The van der Waals surface area contributed by atoms with E-state index < -0.39 is 0 Å². The minimum Gasteiger partial charge on any atom is -0.358 e. The average molecular weight is 405 g/mol. The molecule has 30 heavy (non-hydrogen) atoms. The van der Waals surface area contributed by atoms with Crippen LogP contribution in [-0.2, 0) is 0 Å². The number of nitrogens with zero attached hydrogens (tertiary/aromatic N) is 6. The summed E-state index contributed by atoms with van der Waals surface area (Å²) < 4.78 is 2.45. The van der Waals surface area contributed by atoms with Crippen LogP contribution in [0, 0.1) is 0 Å². The second-order valence-electron chi connectivity index (χ2n) is 8.40. The molecule has 0 radical (unpaired) electrons. The highest BCUT2D eigenvalue weighted by atomic mass is 15.2. The fraction of sp³-hybridized carbons (Fsp3) is 0.455. The topological polar surface area (TPSA) is 87.5 Å². The van der Waals surface area contributed by atoms with Crippen molar-refractivity contribution in [2.45, 2.75) is 51.7 Å². The van der Waals surface area contributed by atoms with E-state index in [1.807, 2.05) is 0 Å². The van der Waals surface area contributed by atoms with E-state index >= 15 is 0 Å². The zero-order chi connectivity index (χ0) is 20.7. The van der Waals surface area contributed by atoms with Crippen molar-refractivity contribution in [1.29, 1.82) is 0 Å². The highest BCUT2D eigenvalue weighted by Crippen LogP contribution is 2.32. The summed E-state index contributed by atoms with van der Waals surface area (Å²) in [7, 11) is 0. The number of nitrogens with one attached hydrogen (secondary N) is 2. The maximum atomic E-state index is 5.03. The van der Waals surface area contributed by atoms with Crippen molar-refractivity contribution < 1.29 is 0 Å². The maximum Gasteiger partial charge on any atom is 0.162 e. The number of fused-ring (bicyclic) bond motifs is 2. The monoisotopic (exact) mass is 404 g/mol. The van der Waals surface area contributed by atoms with E-state index in [-0.39, 0.29) is 6.04 Å². The van der Waals surface area contributed by atoms with E-state index in [2.05, 4.69) is 79.8 Å². The van der Waals surface area contributed by atoms with Crippen LogP contribution < -0.4 is 5.32 Å². The third kappa shape index (κ3) is 3.31. The van der Waals surface area contributed by atoms with Crippen LogP contribution in [0.15, 0.2) is 36.9 Å². The Hall–Kier alpha value is -3.00. The zero-order valence-corrected chi connectivity index (χ0v) is 17.7. The van der Waals surface area contributed by atoms with E-state index in [4.69, 9.17) is 4.98 Å². The number of piperidine rings is 1. The van der Waals surface area contributed by atoms with Gasteiger partial charge < -0.3 is 14.9 Å². The Balaban J connectivity index is 1.54. The molecule has 0 aliphatic carbocycles. The normalized spacial score (nSPS) is 19.0. The number of H-pyrrole nitrogens is 1. The Labute approximate surface area is 175 Å². The van der Waals surface area contributed by atoms with Gasteiger partial charge in [0.05, 0.1) is 23.4 Å². The minimum absolute atomic E-state index is 0.0263. The second-order valence-corrected chi connectivity index (χ2v) is 8.40. The lowest BCUT2D eigenvalue weighted by molar-refractivity contribution is 0.143. The largest absolute Gasteiger partial charge is 0.358 e. The summed E-state index contributed by atoms with van der Waals surface area (Å²) in [4.78, 5) is 23.7. The van der Waals surface area contributed by atoms with Crippen LogP contribution in [-0.4, -0.2) is 53.5 Å². The third-order valence-electron chi connectivity index (χ3n) is 6.10. The molecule has 4 aromatic rings. The van der Waals surface area contributed by atoms with Crippen LogP contribution in [0.2, 0.25) is 0 Å². The van der Waals surface area contributed by atoms with Gasteiger partial charge in [0.1, 0.15) is 17.7 Å². The number of rotatable bonds is 5. The summed E-state index contributed by atoms with van der Waals surface area (Å²) in [6.07, 6.45) is 5.57. The average Bonchev–Trinajstić information content (AvgIpc) is 3.39. The number of hydrogen-bond acceptors (Lipinski definition) is 6. The molecule has 1 saturated heterocycles. The number of hydrogen-bond donors (Lipinski definition) is 2. The lowest BCUT2D eigenvalue weighted by atomic mass is 10.0. The van der Waals surface area contributed by atoms with E-state index in [0.717, 1.165) is 34.9 Å². The standard InChI is InChI=1S/C22H28N8/c1-14(2)29-10-6-7-16(11-29)30-18-9-5-4-8-17(18)28-22(30)15(3)27-21-19-20(24-12-23-19)25-13-26-21/h4-5,8-9,12-16H,6-7,10-11H2,1-3H3,(H2,23,24,25,26,27)/t15-,16+/m0/s1. The Morgan fingerprint density at radius 1 is 1.13 bits per heavy atom. The van der Waals surface area contributed by atoms with Gasteiger partial charge in [0.15, 0.2) is 11.5 Å². The first-order valence-electron chi connectivity index (χ1n) is 10.7. The summed E-state index contributed by atoms with van der Waals surface area (Å²) in [5.41, 5.74) is 3.71. The lowest BCUT2D eigenvalue weighted by Crippen LogP contribution is -2.41. The van der Waals surface area contributed by atoms with Gasteiger partial charge in [0, 0.05) is 18.6 Å². The number of aromatic amines is 1. The van der Waals surface area contributed by atoms with Gasteiger partial charge in [0.2, 0.25) is 0 Å². The van der Waals surface area contributed by atoms with Crippen molar-refractivity contribution in [2.24, 2.45) is 0 Å². The fourth-order valence-corrected chi connectivity index (χ4v) is 4.56. The molecule has 8 heteroatoms. The van der Waals surface area contributed by atoms with Gasteiger partial charge in [-0.2, -0.15) is 0 Å². The highest BCUT2D eigenvalue weighted by Gasteiger charge is 2.28. The molecule has 1 aliphatic rings. The van der Waals surface area contributed by atoms with Gasteiger partial charge >= 0.3 is 0 Å². The summed E-state index contributed by atoms with van der Waals surface area (Å²) >= 11 is 0. The van der Waals surface area contributed by atoms with E-state index in [9.17, 15) is 0 Å². The Bertz CT molecular complexity index is 1160. The summed E-state index contributed by atoms with van der Waals surface area (Å²) in [6, 6.07) is 9.37. The molecule has 0 bridgehead atoms. The number of likely N-dealkylation sites (tertiary alicyclic amines) is 1. The first-order valence-corrected chi connectivity index (χ1v) is 10.7. The molecule has 0 saturated carbocycles. The van der Waals surface area contributed by atoms with Crippen molar-refractivity contribution in [3.05, 3.63) is 42.7 Å². The van der Waals surface area contributed by atoms with E-state index in [0.29, 0.717) is 12.1 Å². The van der Waals surface area contributed by atoms with Crippen LogP contribution in [0.25, 0.3) is 22.2 Å². The van der Waals surface area contributed by atoms with Gasteiger partial charge in [-0.05, 0) is 52.3 Å². The molecule has 3 aromatic heterocycles. The van der Waals surface area contributed by atoms with Crippen LogP contribution in [0.3, 0.4) is 0 Å². The van der Waals surface area contributed by atoms with Gasteiger partial charge in [-0.15, -0.1) is 0 Å². The molecule has 1 aromatic carbocycles. The highest BCUT2D eigenvalue weighted by molar-refractivity contribution is 5.82. The molecule has 156 valence electrons. The molecular weight excluding hydrogens is 376 g/mol. The van der Waals surface area contributed by atoms with E-state index in [1.165, 1.54) is 24.9 Å². The van der Waals surface area contributed by atoms with Crippen LogP contribution in [0.5, 0.6) is 0 Å². The third-order valence-corrected chi connectivity index (χ3v) is 6.10. The van der Waals surface area contributed by atoms with Crippen molar-refractivity contribution in [3.63, 3.8) is 0 Å². The second kappa shape index (κ2) is 7.68. The minimum atomic E-state index is -0.0263. The molecule has 5 rings (SSSR count). The Kier molecular flexibility index (Phi) is 4.86. The van der Waals surface area contributed by atoms with Gasteiger partial charge in [-0.1, -0.05) is 12.1 Å². The van der Waals surface area contributed by atoms with Gasteiger partial charge in [-0.3, -0.25) is 4.90 Å². The molecule has 4 heterocycles. The first-order chi connectivity index (χ1) is 14.6. The molecule has 0 unspecified atom stereocenters. The number of anilines is 1. The predicted molar refractivity (Wildman–Crippen MR) is 118 cm³/mol. The first kappa shape index (κ1) is 19.0.